The van der Waals surface area contributed by atoms with Crippen molar-refractivity contribution in [1.29, 1.82) is 5.26 Å². The average molecular weight is 273 g/mol. The Balaban J connectivity index is 2.33. The number of anilines is 3. The van der Waals surface area contributed by atoms with E-state index in [0.29, 0.717) is 11.5 Å². The normalized spacial score (nSPS) is 10.3. The molecule has 2 rings (SSSR count). The summed E-state index contributed by atoms with van der Waals surface area (Å²) >= 11 is 0. The number of nitrogens with two attached hydrogens (primary N) is 1. The van der Waals surface area contributed by atoms with Gasteiger partial charge in [0.2, 0.25) is 0 Å². The van der Waals surface area contributed by atoms with E-state index in [9.17, 15) is 4.39 Å². The molecule has 0 saturated carbocycles. The quantitative estimate of drug-likeness (QED) is 0.897. The molecule has 1 aromatic carbocycles. The van der Waals surface area contributed by atoms with Crippen LogP contribution in [-0.4, -0.2) is 9.78 Å². The van der Waals surface area contributed by atoms with Gasteiger partial charge in [0.05, 0.1) is 28.7 Å². The first-order valence-electron chi connectivity index (χ1n) is 6.34. The molecular weight excluding hydrogens is 257 g/mol. The van der Waals surface area contributed by atoms with Gasteiger partial charge in [0.1, 0.15) is 5.82 Å². The second kappa shape index (κ2) is 5.61. The standard InChI is InChI=1S/C14H16FN5/c1-3-4-12-13(17)14(20(2)19-12)18-11-6-5-9(8-16)7-10(11)15/h5-7,18H,3-4,17H2,1-2H3. The van der Waals surface area contributed by atoms with E-state index >= 15 is 0 Å². The molecule has 104 valence electrons. The lowest BCUT2D eigenvalue weighted by molar-refractivity contribution is 0.630. The largest absolute Gasteiger partial charge is 0.394 e. The van der Waals surface area contributed by atoms with Crippen molar-refractivity contribution in [2.45, 2.75) is 19.8 Å². The minimum absolute atomic E-state index is 0.266. The fraction of sp³-hybridized carbons (Fsp3) is 0.286. The molecule has 0 radical (unpaired) electrons. The minimum atomic E-state index is -0.498. The molecule has 0 aliphatic heterocycles. The summed E-state index contributed by atoms with van der Waals surface area (Å²) in [6.07, 6.45) is 1.71. The molecule has 1 heterocycles. The van der Waals surface area contributed by atoms with Crippen LogP contribution in [0.4, 0.5) is 21.6 Å². The van der Waals surface area contributed by atoms with Crippen LogP contribution < -0.4 is 11.1 Å². The Bertz CT molecular complexity index is 669. The van der Waals surface area contributed by atoms with Crippen molar-refractivity contribution in [2.24, 2.45) is 7.05 Å². The number of rotatable bonds is 4. The van der Waals surface area contributed by atoms with Gasteiger partial charge >= 0.3 is 0 Å². The van der Waals surface area contributed by atoms with Crippen LogP contribution in [0.25, 0.3) is 0 Å². The molecular formula is C14H16FN5. The molecule has 6 heteroatoms. The number of nitrogen functional groups attached to an aromatic ring is 1. The molecule has 2 aromatic rings. The number of benzene rings is 1. The lowest BCUT2D eigenvalue weighted by atomic mass is 10.2. The zero-order valence-corrected chi connectivity index (χ0v) is 11.4. The summed E-state index contributed by atoms with van der Waals surface area (Å²) in [4.78, 5) is 0. The maximum atomic E-state index is 13.9. The zero-order valence-electron chi connectivity index (χ0n) is 11.4. The maximum absolute atomic E-state index is 13.9. The Morgan fingerprint density at radius 2 is 2.25 bits per heavy atom. The second-order valence-electron chi connectivity index (χ2n) is 4.51. The molecule has 1 aromatic heterocycles. The van der Waals surface area contributed by atoms with Crippen molar-refractivity contribution >= 4 is 17.2 Å². The first-order chi connectivity index (χ1) is 9.56. The van der Waals surface area contributed by atoms with Crippen LogP contribution in [0.15, 0.2) is 18.2 Å². The highest BCUT2D eigenvalue weighted by molar-refractivity contribution is 5.71. The number of nitrogens with one attached hydrogen (secondary N) is 1. The molecule has 5 nitrogen and oxygen atoms in total. The number of hydrogen-bond acceptors (Lipinski definition) is 4. The summed E-state index contributed by atoms with van der Waals surface area (Å²) in [5.41, 5.74) is 7.89. The Labute approximate surface area is 116 Å². The lowest BCUT2D eigenvalue weighted by Gasteiger charge is -2.08. The van der Waals surface area contributed by atoms with Gasteiger partial charge in [-0.2, -0.15) is 10.4 Å². The second-order valence-corrected chi connectivity index (χ2v) is 4.51. The molecule has 3 N–H and O–H groups in total. The molecule has 0 aliphatic rings. The topological polar surface area (TPSA) is 79.7 Å². The van der Waals surface area contributed by atoms with Crippen molar-refractivity contribution in [2.75, 3.05) is 11.1 Å². The highest BCUT2D eigenvalue weighted by Crippen LogP contribution is 2.28. The molecule has 0 amide bonds. The Morgan fingerprint density at radius 3 is 2.85 bits per heavy atom. The van der Waals surface area contributed by atoms with Crippen LogP contribution in [0.5, 0.6) is 0 Å². The van der Waals surface area contributed by atoms with Gasteiger partial charge in [-0.25, -0.2) is 4.39 Å². The van der Waals surface area contributed by atoms with Crippen molar-refractivity contribution in [1.82, 2.24) is 9.78 Å². The van der Waals surface area contributed by atoms with Crippen LogP contribution >= 0.6 is 0 Å². The van der Waals surface area contributed by atoms with Crippen LogP contribution in [0.2, 0.25) is 0 Å². The molecule has 0 spiro atoms. The van der Waals surface area contributed by atoms with Gasteiger partial charge in [-0.1, -0.05) is 13.3 Å². The van der Waals surface area contributed by atoms with E-state index in [1.807, 2.05) is 13.0 Å². The van der Waals surface area contributed by atoms with E-state index in [-0.39, 0.29) is 11.3 Å². The third kappa shape index (κ3) is 2.57. The first-order valence-corrected chi connectivity index (χ1v) is 6.34. The average Bonchev–Trinajstić information content (AvgIpc) is 2.69. The summed E-state index contributed by atoms with van der Waals surface area (Å²) in [5, 5.41) is 16.0. The van der Waals surface area contributed by atoms with Gasteiger partial charge < -0.3 is 11.1 Å². The van der Waals surface area contributed by atoms with Gasteiger partial charge in [-0.05, 0) is 24.6 Å². The fourth-order valence-electron chi connectivity index (χ4n) is 1.98. The number of nitriles is 1. The number of halogens is 1. The predicted octanol–water partition coefficient (Wildman–Crippen LogP) is 2.71. The summed E-state index contributed by atoms with van der Waals surface area (Å²) < 4.78 is 15.5. The van der Waals surface area contributed by atoms with Gasteiger partial charge in [-0.15, -0.1) is 0 Å². The van der Waals surface area contributed by atoms with E-state index in [2.05, 4.69) is 10.4 Å². The van der Waals surface area contributed by atoms with Crippen molar-refractivity contribution in [3.05, 3.63) is 35.3 Å². The van der Waals surface area contributed by atoms with Crippen LogP contribution in [0, 0.1) is 17.1 Å². The number of hydrogen-bond donors (Lipinski definition) is 2. The maximum Gasteiger partial charge on any atom is 0.152 e. The van der Waals surface area contributed by atoms with Crippen molar-refractivity contribution in [3.63, 3.8) is 0 Å². The van der Waals surface area contributed by atoms with E-state index in [4.69, 9.17) is 11.0 Å². The molecule has 20 heavy (non-hydrogen) atoms. The van der Waals surface area contributed by atoms with E-state index in [0.717, 1.165) is 18.5 Å². The lowest BCUT2D eigenvalue weighted by Crippen LogP contribution is -2.03. The summed E-state index contributed by atoms with van der Waals surface area (Å²) in [7, 11) is 1.75. The van der Waals surface area contributed by atoms with E-state index in [1.54, 1.807) is 17.8 Å². The number of aryl methyl sites for hydroxylation is 2. The van der Waals surface area contributed by atoms with E-state index in [1.165, 1.54) is 12.1 Å². The predicted molar refractivity (Wildman–Crippen MR) is 76.0 cm³/mol. The Morgan fingerprint density at radius 1 is 1.50 bits per heavy atom. The SMILES string of the molecule is CCCc1nn(C)c(Nc2ccc(C#N)cc2F)c1N. The van der Waals surface area contributed by atoms with Gasteiger partial charge in [0, 0.05) is 7.05 Å². The number of aromatic nitrogens is 2. The monoisotopic (exact) mass is 273 g/mol. The zero-order chi connectivity index (χ0) is 14.7. The van der Waals surface area contributed by atoms with E-state index < -0.39 is 5.82 Å². The molecule has 0 atom stereocenters. The molecule has 0 bridgehead atoms. The Kier molecular flexibility index (Phi) is 3.89. The highest BCUT2D eigenvalue weighted by atomic mass is 19.1. The summed E-state index contributed by atoms with van der Waals surface area (Å²) in [6, 6.07) is 6.14. The summed E-state index contributed by atoms with van der Waals surface area (Å²) in [5.74, 6) is 0.0544. The molecule has 0 fully saturated rings. The smallest absolute Gasteiger partial charge is 0.152 e. The first kappa shape index (κ1) is 13.9. The fourth-order valence-corrected chi connectivity index (χ4v) is 1.98. The van der Waals surface area contributed by atoms with Crippen LogP contribution in [0.3, 0.4) is 0 Å². The Hall–Kier alpha value is -2.55. The molecule has 0 saturated heterocycles. The summed E-state index contributed by atoms with van der Waals surface area (Å²) in [6.45, 7) is 2.04. The number of nitrogens with zero attached hydrogens (tertiary/aromatic N) is 3. The highest BCUT2D eigenvalue weighted by Gasteiger charge is 2.14. The van der Waals surface area contributed by atoms with Crippen LogP contribution in [-0.2, 0) is 13.5 Å². The van der Waals surface area contributed by atoms with Gasteiger partial charge in [0.15, 0.2) is 5.82 Å². The van der Waals surface area contributed by atoms with Crippen LogP contribution in [0.1, 0.15) is 24.6 Å². The third-order valence-corrected chi connectivity index (χ3v) is 3.00. The molecule has 0 unspecified atom stereocenters. The minimum Gasteiger partial charge on any atom is -0.394 e. The van der Waals surface area contributed by atoms with Crippen molar-refractivity contribution in [3.8, 4) is 6.07 Å². The van der Waals surface area contributed by atoms with Gasteiger partial charge in [0.25, 0.3) is 0 Å². The third-order valence-electron chi connectivity index (χ3n) is 3.00. The van der Waals surface area contributed by atoms with Crippen molar-refractivity contribution < 1.29 is 4.39 Å². The molecule has 0 aliphatic carbocycles. The van der Waals surface area contributed by atoms with Gasteiger partial charge in [-0.3, -0.25) is 4.68 Å².